The van der Waals surface area contributed by atoms with Gasteiger partial charge in [-0.3, -0.25) is 0 Å². The molecule has 0 saturated carbocycles. The average Bonchev–Trinajstić information content (AvgIpc) is 2.08. The van der Waals surface area contributed by atoms with E-state index in [4.69, 9.17) is 0 Å². The number of nitrogens with zero attached hydrogens (tertiary/aromatic N) is 1. The Morgan fingerprint density at radius 2 is 1.07 bits per heavy atom. The van der Waals surface area contributed by atoms with E-state index < -0.39 is 0 Å². The fourth-order valence-electron chi connectivity index (χ4n) is 1.72. The van der Waals surface area contributed by atoms with Crippen LogP contribution in [0.4, 0.5) is 0 Å². The largest absolute Gasteiger partial charge is 0.331 e. The van der Waals surface area contributed by atoms with E-state index in [1.165, 1.54) is 57.9 Å². The Labute approximate surface area is 99.4 Å². The van der Waals surface area contributed by atoms with Crippen molar-refractivity contribution in [2.45, 2.75) is 58.3 Å². The van der Waals surface area contributed by atoms with Crippen LogP contribution in [0.5, 0.6) is 0 Å². The SMILES string of the molecule is CCCCCCCCCC[N+](C)(C)C.[BH4-]. The van der Waals surface area contributed by atoms with Gasteiger partial charge < -0.3 is 4.48 Å². The lowest BCUT2D eigenvalue weighted by Crippen LogP contribution is -2.35. The third-order valence-electron chi connectivity index (χ3n) is 2.68. The Morgan fingerprint density at radius 1 is 0.667 bits per heavy atom. The highest BCUT2D eigenvalue weighted by molar-refractivity contribution is 5.75. The maximum absolute atomic E-state index is 2.28. The normalized spacial score (nSPS) is 11.2. The van der Waals surface area contributed by atoms with Crippen LogP contribution >= 0.6 is 0 Å². The molecule has 0 spiro atoms. The first kappa shape index (κ1) is 17.4. The summed E-state index contributed by atoms with van der Waals surface area (Å²) in [5.41, 5.74) is 0. The van der Waals surface area contributed by atoms with Crippen molar-refractivity contribution in [3.05, 3.63) is 0 Å². The van der Waals surface area contributed by atoms with Crippen LogP contribution in [0.2, 0.25) is 0 Å². The van der Waals surface area contributed by atoms with Crippen LogP contribution < -0.4 is 0 Å². The van der Waals surface area contributed by atoms with Gasteiger partial charge in [0.2, 0.25) is 0 Å². The number of unbranched alkanes of at least 4 members (excludes halogenated alkanes) is 7. The van der Waals surface area contributed by atoms with Crippen LogP contribution in [0.25, 0.3) is 0 Å². The van der Waals surface area contributed by atoms with Gasteiger partial charge in [0.15, 0.2) is 0 Å². The molecular weight excluding hydrogens is 181 g/mol. The summed E-state index contributed by atoms with van der Waals surface area (Å²) in [5, 5.41) is 0. The van der Waals surface area contributed by atoms with Gasteiger partial charge in [-0.1, -0.05) is 53.9 Å². The van der Waals surface area contributed by atoms with Gasteiger partial charge >= 0.3 is 0 Å². The molecule has 0 radical (unpaired) electrons. The average molecular weight is 215 g/mol. The minimum atomic E-state index is 0. The Hall–Kier alpha value is 0.0249. The monoisotopic (exact) mass is 215 g/mol. The van der Waals surface area contributed by atoms with E-state index in [1.807, 2.05) is 0 Å². The molecule has 0 aromatic rings. The highest BCUT2D eigenvalue weighted by atomic mass is 15.3. The first-order chi connectivity index (χ1) is 6.56. The highest BCUT2D eigenvalue weighted by Crippen LogP contribution is 2.09. The first-order valence-electron chi connectivity index (χ1n) is 6.36. The molecule has 0 fully saturated rings. The van der Waals surface area contributed by atoms with Gasteiger partial charge in [0.25, 0.3) is 0 Å². The zero-order chi connectivity index (χ0) is 10.9. The van der Waals surface area contributed by atoms with E-state index in [9.17, 15) is 0 Å². The summed E-state index contributed by atoms with van der Waals surface area (Å²) in [6.07, 6.45) is 11.4. The van der Waals surface area contributed by atoms with E-state index in [0.717, 1.165) is 4.48 Å². The minimum absolute atomic E-state index is 0. The lowest BCUT2D eigenvalue weighted by molar-refractivity contribution is -0.870. The number of hydrogen-bond acceptors (Lipinski definition) is 0. The predicted octanol–water partition coefficient (Wildman–Crippen LogP) is 2.38. The molecule has 0 aliphatic rings. The van der Waals surface area contributed by atoms with Crippen molar-refractivity contribution < 1.29 is 4.48 Å². The molecule has 0 aliphatic heterocycles. The van der Waals surface area contributed by atoms with E-state index >= 15 is 0 Å². The molecule has 0 bridgehead atoms. The van der Waals surface area contributed by atoms with Crippen LogP contribution in [0.15, 0.2) is 0 Å². The van der Waals surface area contributed by atoms with Crippen molar-refractivity contribution in [2.24, 2.45) is 0 Å². The number of quaternary nitrogens is 1. The molecule has 94 valence electrons. The molecule has 15 heavy (non-hydrogen) atoms. The lowest BCUT2D eigenvalue weighted by atomic mass is 10.1. The summed E-state index contributed by atoms with van der Waals surface area (Å²) < 4.78 is 1.12. The Kier molecular flexibility index (Phi) is 12.2. The van der Waals surface area contributed by atoms with Crippen LogP contribution in [0.3, 0.4) is 0 Å². The van der Waals surface area contributed by atoms with E-state index in [1.54, 1.807) is 0 Å². The maximum atomic E-state index is 2.28. The second-order valence-corrected chi connectivity index (χ2v) is 5.49. The van der Waals surface area contributed by atoms with Gasteiger partial charge in [-0.15, -0.1) is 0 Å². The lowest BCUT2D eigenvalue weighted by Gasteiger charge is -2.23. The van der Waals surface area contributed by atoms with Crippen molar-refractivity contribution in [2.75, 3.05) is 27.7 Å². The molecule has 0 heterocycles. The minimum Gasteiger partial charge on any atom is -0.331 e. The Bertz CT molecular complexity index is 118. The van der Waals surface area contributed by atoms with E-state index in [2.05, 4.69) is 28.1 Å². The first-order valence-corrected chi connectivity index (χ1v) is 6.36. The van der Waals surface area contributed by atoms with Crippen molar-refractivity contribution in [3.8, 4) is 0 Å². The summed E-state index contributed by atoms with van der Waals surface area (Å²) in [6, 6.07) is 0. The van der Waals surface area contributed by atoms with Gasteiger partial charge in [-0.25, -0.2) is 0 Å². The zero-order valence-electron chi connectivity index (χ0n) is 10.8. The molecule has 0 atom stereocenters. The molecule has 1 nitrogen and oxygen atoms in total. The van der Waals surface area contributed by atoms with Crippen molar-refractivity contribution in [1.82, 2.24) is 0 Å². The van der Waals surface area contributed by atoms with Crippen LogP contribution in [0.1, 0.15) is 58.3 Å². The van der Waals surface area contributed by atoms with Crippen molar-refractivity contribution >= 4 is 8.41 Å². The summed E-state index contributed by atoms with van der Waals surface area (Å²) in [6.45, 7) is 3.61. The van der Waals surface area contributed by atoms with Gasteiger partial charge in [-0.05, 0) is 12.8 Å². The second kappa shape index (κ2) is 10.5. The number of hydrogen-bond donors (Lipinski definition) is 0. The fourth-order valence-corrected chi connectivity index (χ4v) is 1.72. The van der Waals surface area contributed by atoms with Crippen molar-refractivity contribution in [1.29, 1.82) is 0 Å². The maximum Gasteiger partial charge on any atom is 0.0780 e. The molecule has 0 saturated heterocycles. The van der Waals surface area contributed by atoms with Crippen LogP contribution in [-0.2, 0) is 0 Å². The predicted molar refractivity (Wildman–Crippen MR) is 76.8 cm³/mol. The Morgan fingerprint density at radius 3 is 1.47 bits per heavy atom. The molecule has 0 aromatic heterocycles. The number of rotatable bonds is 9. The van der Waals surface area contributed by atoms with Gasteiger partial charge in [-0.2, -0.15) is 0 Å². The summed E-state index contributed by atoms with van der Waals surface area (Å²) in [4.78, 5) is 0. The van der Waals surface area contributed by atoms with Crippen molar-refractivity contribution in [3.63, 3.8) is 0 Å². The topological polar surface area (TPSA) is 0 Å². The third-order valence-corrected chi connectivity index (χ3v) is 2.68. The van der Waals surface area contributed by atoms with Gasteiger partial charge in [0, 0.05) is 0 Å². The highest BCUT2D eigenvalue weighted by Gasteiger charge is 2.04. The zero-order valence-corrected chi connectivity index (χ0v) is 10.8. The molecule has 0 amide bonds. The molecular formula is C13H34BN. The van der Waals surface area contributed by atoms with Gasteiger partial charge in [0.05, 0.1) is 27.7 Å². The summed E-state index contributed by atoms with van der Waals surface area (Å²) in [7, 11) is 6.84. The smallest absolute Gasteiger partial charge is 0.0780 e. The standard InChI is InChI=1S/C13H30N.BH4/c1-5-6-7-8-9-10-11-12-13-14(2,3)4;/h5-13H2,1-4H3;1H4/q+1;-1. The van der Waals surface area contributed by atoms with Gasteiger partial charge in [0.1, 0.15) is 0 Å². The summed E-state index contributed by atoms with van der Waals surface area (Å²) >= 11 is 0. The fraction of sp³-hybridized carbons (Fsp3) is 1.00. The molecule has 0 aromatic carbocycles. The quantitative estimate of drug-likeness (QED) is 0.315. The van der Waals surface area contributed by atoms with E-state index in [0.29, 0.717) is 0 Å². The Balaban J connectivity index is 0. The molecule has 0 N–H and O–H groups in total. The summed E-state index contributed by atoms with van der Waals surface area (Å²) in [5.74, 6) is 0. The molecule has 2 heteroatoms. The third kappa shape index (κ3) is 16.7. The molecule has 0 unspecified atom stereocenters. The van der Waals surface area contributed by atoms with Crippen LogP contribution in [-0.4, -0.2) is 40.6 Å². The molecule has 0 aliphatic carbocycles. The second-order valence-electron chi connectivity index (χ2n) is 5.49. The van der Waals surface area contributed by atoms with E-state index in [-0.39, 0.29) is 8.41 Å². The molecule has 0 rings (SSSR count). The van der Waals surface area contributed by atoms with Crippen LogP contribution in [0, 0.1) is 0 Å².